The number of fused-ring (bicyclic) bond motifs is 1. The van der Waals surface area contributed by atoms with Crippen molar-refractivity contribution in [2.75, 3.05) is 25.6 Å². The Morgan fingerprint density at radius 2 is 2.06 bits per heavy atom. The fourth-order valence-corrected chi connectivity index (χ4v) is 4.71. The van der Waals surface area contributed by atoms with Crippen LogP contribution in [0.3, 0.4) is 0 Å². The first kappa shape index (κ1) is 22.6. The number of hydrogen-bond donors (Lipinski definition) is 2. The van der Waals surface area contributed by atoms with E-state index >= 15 is 0 Å². The molecule has 0 saturated heterocycles. The maximum Gasteiger partial charge on any atom is 0.349 e. The second-order valence-corrected chi connectivity index (χ2v) is 8.40. The SMILES string of the molecule is CCOc1cc(-c2cc(NCCn3c(C)cc4c(OC)ccc(F)c43)ccn2)sc1C(=O)O. The Bertz CT molecular complexity index is 1310. The molecule has 1 aromatic carbocycles. The van der Waals surface area contributed by atoms with Gasteiger partial charge in [-0.2, -0.15) is 0 Å². The van der Waals surface area contributed by atoms with E-state index in [-0.39, 0.29) is 10.7 Å². The van der Waals surface area contributed by atoms with Crippen molar-refractivity contribution in [1.29, 1.82) is 0 Å². The second-order valence-electron chi connectivity index (χ2n) is 7.35. The Morgan fingerprint density at radius 1 is 1.24 bits per heavy atom. The Morgan fingerprint density at radius 3 is 2.79 bits per heavy atom. The number of aryl methyl sites for hydroxylation is 1. The van der Waals surface area contributed by atoms with E-state index in [9.17, 15) is 14.3 Å². The molecule has 0 amide bonds. The second kappa shape index (κ2) is 9.50. The standard InChI is InChI=1S/C24H24FN3O4S/c1-4-32-20-13-21(33-23(20)24(29)30)18-12-15(7-8-27-18)26-9-10-28-14(2)11-16-19(31-3)6-5-17(25)22(16)28/h5-8,11-13H,4,9-10H2,1-3H3,(H,26,27)(H,29,30). The number of nitrogens with zero attached hydrogens (tertiary/aromatic N) is 2. The molecule has 0 radical (unpaired) electrons. The van der Waals surface area contributed by atoms with Crippen LogP contribution < -0.4 is 14.8 Å². The summed E-state index contributed by atoms with van der Waals surface area (Å²) in [4.78, 5) is 16.7. The normalized spacial score (nSPS) is 11.0. The molecule has 0 spiro atoms. The van der Waals surface area contributed by atoms with Crippen LogP contribution in [0.2, 0.25) is 0 Å². The lowest BCUT2D eigenvalue weighted by atomic mass is 10.2. The van der Waals surface area contributed by atoms with Crippen molar-refractivity contribution in [2.45, 2.75) is 20.4 Å². The average Bonchev–Trinajstić information content (AvgIpc) is 3.37. The molecule has 4 rings (SSSR count). The lowest BCUT2D eigenvalue weighted by Gasteiger charge is -2.12. The molecule has 7 nitrogen and oxygen atoms in total. The highest BCUT2D eigenvalue weighted by molar-refractivity contribution is 7.17. The minimum Gasteiger partial charge on any atom is -0.496 e. The van der Waals surface area contributed by atoms with Gasteiger partial charge < -0.3 is 24.5 Å². The first-order valence-electron chi connectivity index (χ1n) is 10.5. The molecule has 0 aliphatic carbocycles. The first-order valence-corrected chi connectivity index (χ1v) is 11.3. The van der Waals surface area contributed by atoms with Crippen molar-refractivity contribution in [3.05, 3.63) is 59.0 Å². The molecule has 0 saturated carbocycles. The predicted molar refractivity (Wildman–Crippen MR) is 127 cm³/mol. The van der Waals surface area contributed by atoms with Gasteiger partial charge in [0.05, 0.1) is 29.8 Å². The van der Waals surface area contributed by atoms with Crippen LogP contribution in [-0.4, -0.2) is 40.9 Å². The third-order valence-electron chi connectivity index (χ3n) is 5.27. The van der Waals surface area contributed by atoms with Crippen molar-refractivity contribution in [1.82, 2.24) is 9.55 Å². The molecule has 2 N–H and O–H groups in total. The minimum atomic E-state index is -1.03. The summed E-state index contributed by atoms with van der Waals surface area (Å²) in [6.07, 6.45) is 1.67. The number of carbonyl (C=O) groups is 1. The summed E-state index contributed by atoms with van der Waals surface area (Å²) in [5.41, 5.74) is 2.94. The fraction of sp³-hybridized carbons (Fsp3) is 0.250. The molecule has 3 heterocycles. The van der Waals surface area contributed by atoms with Gasteiger partial charge in [0.15, 0.2) is 4.88 Å². The van der Waals surface area contributed by atoms with Crippen LogP contribution in [0.1, 0.15) is 22.3 Å². The van der Waals surface area contributed by atoms with Gasteiger partial charge in [-0.25, -0.2) is 9.18 Å². The number of thiophene rings is 1. The highest BCUT2D eigenvalue weighted by Crippen LogP contribution is 2.36. The van der Waals surface area contributed by atoms with E-state index in [4.69, 9.17) is 9.47 Å². The third kappa shape index (κ3) is 4.49. The summed E-state index contributed by atoms with van der Waals surface area (Å²) in [5.74, 6) is -0.329. The van der Waals surface area contributed by atoms with Crippen LogP contribution in [0.25, 0.3) is 21.5 Å². The summed E-state index contributed by atoms with van der Waals surface area (Å²) in [7, 11) is 1.58. The van der Waals surface area contributed by atoms with Gasteiger partial charge in [0.25, 0.3) is 0 Å². The molecule has 33 heavy (non-hydrogen) atoms. The van der Waals surface area contributed by atoms with Crippen molar-refractivity contribution in [2.24, 2.45) is 0 Å². The topological polar surface area (TPSA) is 85.6 Å². The molecule has 0 aliphatic rings. The average molecular weight is 470 g/mol. The van der Waals surface area contributed by atoms with Crippen LogP contribution in [0.4, 0.5) is 10.1 Å². The highest BCUT2D eigenvalue weighted by atomic mass is 32.1. The molecule has 172 valence electrons. The Kier molecular flexibility index (Phi) is 6.50. The van der Waals surface area contributed by atoms with Crippen LogP contribution >= 0.6 is 11.3 Å². The predicted octanol–water partition coefficient (Wildman–Crippen LogP) is 5.43. The van der Waals surface area contributed by atoms with E-state index in [1.807, 2.05) is 36.6 Å². The van der Waals surface area contributed by atoms with Gasteiger partial charge in [0.2, 0.25) is 0 Å². The Hall–Kier alpha value is -3.59. The third-order valence-corrected chi connectivity index (χ3v) is 6.39. The van der Waals surface area contributed by atoms with Crippen LogP contribution in [-0.2, 0) is 6.54 Å². The highest BCUT2D eigenvalue weighted by Gasteiger charge is 2.18. The number of halogens is 1. The number of benzene rings is 1. The maximum atomic E-state index is 14.6. The molecule has 0 unspecified atom stereocenters. The number of ether oxygens (including phenoxy) is 2. The molecule has 0 bridgehead atoms. The Labute approximate surface area is 194 Å². The van der Waals surface area contributed by atoms with Gasteiger partial charge in [0.1, 0.15) is 17.3 Å². The summed E-state index contributed by atoms with van der Waals surface area (Å²) < 4.78 is 27.3. The monoisotopic (exact) mass is 469 g/mol. The number of nitrogens with one attached hydrogen (secondary N) is 1. The molecule has 0 fully saturated rings. The van der Waals surface area contributed by atoms with Gasteiger partial charge in [-0.15, -0.1) is 11.3 Å². The molecule has 0 atom stereocenters. The largest absolute Gasteiger partial charge is 0.496 e. The number of aromatic nitrogens is 2. The van der Waals surface area contributed by atoms with E-state index in [1.165, 1.54) is 6.07 Å². The number of methoxy groups -OCH3 is 1. The van der Waals surface area contributed by atoms with Crippen molar-refractivity contribution in [3.63, 3.8) is 0 Å². The molecular weight excluding hydrogens is 445 g/mol. The van der Waals surface area contributed by atoms with Gasteiger partial charge in [0, 0.05) is 42.1 Å². The number of anilines is 1. The van der Waals surface area contributed by atoms with Crippen LogP contribution in [0.5, 0.6) is 11.5 Å². The number of aromatic carboxylic acids is 1. The summed E-state index contributed by atoms with van der Waals surface area (Å²) >= 11 is 1.13. The van der Waals surface area contributed by atoms with E-state index in [2.05, 4.69) is 10.3 Å². The van der Waals surface area contributed by atoms with E-state index in [0.29, 0.717) is 47.3 Å². The van der Waals surface area contributed by atoms with Crippen molar-refractivity contribution < 1.29 is 23.8 Å². The van der Waals surface area contributed by atoms with E-state index in [1.54, 1.807) is 25.4 Å². The molecule has 4 aromatic rings. The zero-order valence-corrected chi connectivity index (χ0v) is 19.3. The fourth-order valence-electron chi connectivity index (χ4n) is 3.81. The van der Waals surface area contributed by atoms with Gasteiger partial charge in [-0.1, -0.05) is 0 Å². The van der Waals surface area contributed by atoms with Crippen LogP contribution in [0.15, 0.2) is 42.6 Å². The zero-order valence-electron chi connectivity index (χ0n) is 18.5. The van der Waals surface area contributed by atoms with Crippen molar-refractivity contribution >= 4 is 33.9 Å². The maximum absolute atomic E-state index is 14.6. The number of pyridine rings is 1. The molecule has 3 aromatic heterocycles. The quantitative estimate of drug-likeness (QED) is 0.340. The summed E-state index contributed by atoms with van der Waals surface area (Å²) in [5, 5.41) is 13.5. The summed E-state index contributed by atoms with van der Waals surface area (Å²) in [6.45, 7) is 5.23. The first-order chi connectivity index (χ1) is 15.9. The van der Waals surface area contributed by atoms with Gasteiger partial charge >= 0.3 is 5.97 Å². The number of rotatable bonds is 9. The summed E-state index contributed by atoms with van der Waals surface area (Å²) in [6, 6.07) is 10.4. The Balaban J connectivity index is 1.53. The number of hydrogen-bond acceptors (Lipinski definition) is 6. The van der Waals surface area contributed by atoms with E-state index < -0.39 is 5.97 Å². The number of carboxylic acids is 1. The smallest absolute Gasteiger partial charge is 0.349 e. The zero-order chi connectivity index (χ0) is 23.5. The van der Waals surface area contributed by atoms with Gasteiger partial charge in [-0.05, 0) is 44.2 Å². The molecule has 0 aliphatic heterocycles. The molecule has 9 heteroatoms. The van der Waals surface area contributed by atoms with E-state index in [0.717, 1.165) is 28.1 Å². The lowest BCUT2D eigenvalue weighted by molar-refractivity contribution is 0.0698. The molecular formula is C24H24FN3O4S. The van der Waals surface area contributed by atoms with Crippen molar-refractivity contribution in [3.8, 4) is 22.1 Å². The number of carboxylic acid groups (broad SMARTS) is 1. The minimum absolute atomic E-state index is 0.152. The lowest BCUT2D eigenvalue weighted by Crippen LogP contribution is -2.12. The van der Waals surface area contributed by atoms with Gasteiger partial charge in [-0.3, -0.25) is 4.98 Å². The van der Waals surface area contributed by atoms with Crippen LogP contribution in [0, 0.1) is 12.7 Å².